The van der Waals surface area contributed by atoms with Gasteiger partial charge in [-0.2, -0.15) is 9.97 Å². The van der Waals surface area contributed by atoms with E-state index in [4.69, 9.17) is 63.1 Å². The predicted molar refractivity (Wildman–Crippen MR) is 169 cm³/mol. The van der Waals surface area contributed by atoms with Crippen LogP contribution in [0.25, 0.3) is 22.3 Å². The summed E-state index contributed by atoms with van der Waals surface area (Å²) in [5.74, 6) is -0.476. The van der Waals surface area contributed by atoms with Gasteiger partial charge in [-0.1, -0.05) is 11.8 Å². The van der Waals surface area contributed by atoms with Gasteiger partial charge >= 0.3 is 0 Å². The number of rotatable bonds is 2. The van der Waals surface area contributed by atoms with Crippen molar-refractivity contribution < 1.29 is 47.2 Å². The van der Waals surface area contributed by atoms with Crippen LogP contribution in [0.5, 0.6) is 0 Å². The molecular weight excluding hydrogens is 722 g/mol. The van der Waals surface area contributed by atoms with Gasteiger partial charge in [0.05, 0.1) is 25.9 Å². The van der Waals surface area contributed by atoms with Gasteiger partial charge in [-0.3, -0.25) is 33.3 Å². The monoisotopic (exact) mass is 750 g/mol. The van der Waals surface area contributed by atoms with Gasteiger partial charge in [0.15, 0.2) is 41.6 Å². The molecule has 3 aliphatic rings. The molecule has 4 aromatic rings. The maximum absolute atomic E-state index is 13.4. The van der Waals surface area contributed by atoms with Crippen molar-refractivity contribution in [3.05, 3.63) is 48.2 Å². The molecule has 0 aliphatic carbocycles. The largest absolute Gasteiger partial charge is 0.780 e. The number of H-pyrrole nitrogens is 2. The van der Waals surface area contributed by atoms with Crippen LogP contribution in [0.1, 0.15) is 12.5 Å². The van der Waals surface area contributed by atoms with E-state index in [1.54, 1.807) is 0 Å². The summed E-state index contributed by atoms with van der Waals surface area (Å²) in [6, 6.07) is 0. The predicted octanol–water partition coefficient (Wildman–Crippen LogP) is -2.11. The van der Waals surface area contributed by atoms with Gasteiger partial charge in [-0.25, -0.2) is 9.97 Å². The molecule has 0 spiro atoms. The highest BCUT2D eigenvalue weighted by Gasteiger charge is 2.51. The number of imidazole rings is 2. The first-order valence-corrected chi connectivity index (χ1v) is 18.2. The minimum absolute atomic E-state index is 0. The minimum Gasteiger partial charge on any atom is -0.780 e. The highest BCUT2D eigenvalue weighted by atomic mass is 32.7. The lowest BCUT2D eigenvalue weighted by Crippen LogP contribution is -2.40. The molecule has 4 aromatic heterocycles. The number of hydrogen-bond acceptors (Lipinski definition) is 20. The van der Waals surface area contributed by atoms with Gasteiger partial charge in [-0.15, -0.1) is 0 Å². The molecule has 22 nitrogen and oxygen atoms in total. The zero-order valence-corrected chi connectivity index (χ0v) is 28.1. The second-order valence-electron chi connectivity index (χ2n) is 10.3. The standard InChI is InChI=1S/C20H24N10O12P2S2.2CH3/c21-19-25-13-7(15(33)27-19)23-3-29(13)17-9(31)11-5(39-17)1-37-43(35,45)42-12-6(2-38-44(36,46)41-11)40-18(10(12)32)30-4-24-8-14(30)26-20(22)28-16(8)34;;/h3-6,9-12,17-18,31-32H,1-2H2,(H,35,45)(H,36,46)(H3,21,25,27,33)(H3,22,26,28,34);2*1H3/q;2*+1/p-2/t5-,6-,9-,10-,11-,12-,17-,18-,43?,44?;;/m1../s1. The number of nitrogens with one attached hydrogen (secondary N) is 2. The van der Waals surface area contributed by atoms with Crippen molar-refractivity contribution in [1.29, 1.82) is 0 Å². The molecule has 26 heteroatoms. The van der Waals surface area contributed by atoms with Crippen molar-refractivity contribution >= 4 is 71.8 Å². The maximum atomic E-state index is 13.4. The average molecular weight is 751 g/mol. The van der Waals surface area contributed by atoms with E-state index in [1.165, 1.54) is 9.13 Å². The van der Waals surface area contributed by atoms with Crippen molar-refractivity contribution in [3.8, 4) is 0 Å². The molecule has 48 heavy (non-hydrogen) atoms. The van der Waals surface area contributed by atoms with Crippen molar-refractivity contribution in [2.45, 2.75) is 49.1 Å². The van der Waals surface area contributed by atoms with E-state index in [2.05, 4.69) is 29.9 Å². The molecule has 7 rings (SSSR count). The number of hydrogen-bond donors (Lipinski definition) is 6. The number of fused-ring (bicyclic) bond motifs is 4. The Morgan fingerprint density at radius 2 is 1.31 bits per heavy atom. The Hall–Kier alpha value is -3.09. The van der Waals surface area contributed by atoms with Gasteiger partial charge < -0.3 is 66.4 Å². The molecule has 2 unspecified atom stereocenters. The average Bonchev–Trinajstić information content (AvgIpc) is 3.72. The fourth-order valence-electron chi connectivity index (χ4n) is 5.37. The fraction of sp³-hybridized carbons (Fsp3) is 0.455. The lowest BCUT2D eigenvalue weighted by Gasteiger charge is -2.37. The molecule has 260 valence electrons. The Balaban J connectivity index is 0.00000225. The second-order valence-corrected chi connectivity index (χ2v) is 15.7. The molecule has 3 fully saturated rings. The SMILES string of the molecule is Nc1nc2c(ncn2[C@@H]2O[C@@H]3COP([O-])(=S)O[C@H]4[C@@H](O)[C@H](n5cnc6c(=O)[nH]c(N)nc65)O[C@@H]4COP(=O)([S-])O[C@H]3[C@H]2O)c(=O)[nH]1.[CH3+].[CH3+]. The molecule has 0 bridgehead atoms. The van der Waals surface area contributed by atoms with Gasteiger partial charge in [0.25, 0.3) is 11.1 Å². The number of nitrogens with two attached hydrogens (primary N) is 2. The first-order valence-electron chi connectivity index (χ1n) is 13.1. The van der Waals surface area contributed by atoms with Crippen LogP contribution in [0.4, 0.5) is 11.9 Å². The number of ether oxygens (including phenoxy) is 2. The Morgan fingerprint density at radius 1 is 0.875 bits per heavy atom. The first-order chi connectivity index (χ1) is 21.7. The molecule has 0 amide bonds. The molecular formula is C22H28N10O12P2S2. The number of aromatic amines is 2. The zero-order chi connectivity index (χ0) is 32.7. The van der Waals surface area contributed by atoms with E-state index in [0.29, 0.717) is 0 Å². The van der Waals surface area contributed by atoms with E-state index in [-0.39, 0.29) is 49.1 Å². The highest BCUT2D eigenvalue weighted by molar-refractivity contribution is 8.32. The summed E-state index contributed by atoms with van der Waals surface area (Å²) in [4.78, 5) is 58.5. The summed E-state index contributed by atoms with van der Waals surface area (Å²) in [5.41, 5.74) is 9.67. The number of aliphatic hydroxyl groups is 2. The Kier molecular flexibility index (Phi) is 9.79. The van der Waals surface area contributed by atoms with Crippen LogP contribution < -0.4 is 27.5 Å². The number of anilines is 2. The molecule has 7 heterocycles. The topological polar surface area (TPSA) is 315 Å². The third kappa shape index (κ3) is 6.35. The summed E-state index contributed by atoms with van der Waals surface area (Å²) < 4.78 is 49.4. The van der Waals surface area contributed by atoms with Crippen molar-refractivity contribution in [1.82, 2.24) is 39.0 Å². The normalized spacial score (nSPS) is 35.6. The molecule has 3 aliphatic heterocycles. The molecule has 8 N–H and O–H groups in total. The number of aromatic nitrogens is 8. The van der Waals surface area contributed by atoms with E-state index in [9.17, 15) is 29.3 Å². The number of nitrogens with zero attached hydrogens (tertiary/aromatic N) is 6. The van der Waals surface area contributed by atoms with Crippen LogP contribution in [0.3, 0.4) is 0 Å². The van der Waals surface area contributed by atoms with Crippen LogP contribution in [-0.4, -0.2) is 99.1 Å². The molecule has 0 saturated carbocycles. The Morgan fingerprint density at radius 3 is 1.79 bits per heavy atom. The summed E-state index contributed by atoms with van der Waals surface area (Å²) >= 11 is 10.2. The van der Waals surface area contributed by atoms with Crippen LogP contribution in [-0.2, 0) is 56.2 Å². The third-order valence-corrected chi connectivity index (χ3v) is 10.4. The number of nitrogen functional groups attached to an aromatic ring is 2. The van der Waals surface area contributed by atoms with E-state index < -0.39 is 86.9 Å². The molecule has 10 atom stereocenters. The van der Waals surface area contributed by atoms with Gasteiger partial charge in [0, 0.05) is 14.9 Å². The van der Waals surface area contributed by atoms with E-state index in [1.807, 2.05) is 0 Å². The van der Waals surface area contributed by atoms with Crippen LogP contribution >= 0.6 is 13.5 Å². The van der Waals surface area contributed by atoms with E-state index in [0.717, 1.165) is 12.7 Å². The van der Waals surface area contributed by atoms with Crippen LogP contribution in [0.2, 0.25) is 0 Å². The summed E-state index contributed by atoms with van der Waals surface area (Å²) in [7, 11) is 0. The molecule has 0 aromatic carbocycles. The fourth-order valence-corrected chi connectivity index (χ4v) is 8.23. The smallest absolute Gasteiger partial charge is 0.280 e. The summed E-state index contributed by atoms with van der Waals surface area (Å²) in [5, 5.41) is 22.4. The van der Waals surface area contributed by atoms with Gasteiger partial charge in [0.2, 0.25) is 11.9 Å². The van der Waals surface area contributed by atoms with Gasteiger partial charge in [0.1, 0.15) is 43.3 Å². The highest BCUT2D eigenvalue weighted by Crippen LogP contribution is 2.53. The Bertz CT molecular complexity index is 1910. The van der Waals surface area contributed by atoms with Crippen molar-refractivity contribution in [2.24, 2.45) is 0 Å². The zero-order valence-electron chi connectivity index (χ0n) is 24.7. The third-order valence-electron chi connectivity index (χ3n) is 7.36. The Labute approximate surface area is 279 Å². The maximum Gasteiger partial charge on any atom is 0.280 e. The lowest BCUT2D eigenvalue weighted by molar-refractivity contribution is -0.218. The minimum atomic E-state index is -4.48. The quantitative estimate of drug-likeness (QED) is 0.0725. The first kappa shape index (κ1) is 36.2. The second kappa shape index (κ2) is 13.0. The van der Waals surface area contributed by atoms with Crippen molar-refractivity contribution in [3.63, 3.8) is 0 Å². The van der Waals surface area contributed by atoms with Gasteiger partial charge in [-0.05, 0) is 0 Å². The van der Waals surface area contributed by atoms with Crippen LogP contribution in [0.15, 0.2) is 22.2 Å². The molecule has 3 saturated heterocycles. The lowest BCUT2D eigenvalue weighted by atomic mass is 10.1. The van der Waals surface area contributed by atoms with Crippen LogP contribution in [0, 0.1) is 14.9 Å². The number of aliphatic hydroxyl groups excluding tert-OH is 2. The van der Waals surface area contributed by atoms with E-state index >= 15 is 0 Å². The molecule has 0 radical (unpaired) electrons. The summed E-state index contributed by atoms with van der Waals surface area (Å²) in [6.45, 7) is -10.3. The van der Waals surface area contributed by atoms with Crippen molar-refractivity contribution in [2.75, 3.05) is 24.7 Å². The summed E-state index contributed by atoms with van der Waals surface area (Å²) in [6.07, 6.45) is -9.45.